The molecule has 0 spiro atoms. The van der Waals surface area contributed by atoms with E-state index in [4.69, 9.17) is 5.73 Å². The summed E-state index contributed by atoms with van der Waals surface area (Å²) in [6, 6.07) is -0.504. The topological polar surface area (TPSA) is 83.8 Å². The highest BCUT2D eigenvalue weighted by Crippen LogP contribution is 1.95. The third kappa shape index (κ3) is 4.45. The minimum atomic E-state index is -0.504. The molecule has 0 aliphatic rings. The van der Waals surface area contributed by atoms with Crippen LogP contribution in [0.2, 0.25) is 0 Å². The summed E-state index contributed by atoms with van der Waals surface area (Å²) in [6.07, 6.45) is 3.70. The second-order valence-electron chi connectivity index (χ2n) is 2.50. The van der Waals surface area contributed by atoms with Gasteiger partial charge < -0.3 is 16.0 Å². The van der Waals surface area contributed by atoms with E-state index in [0.29, 0.717) is 6.42 Å². The van der Waals surface area contributed by atoms with Crippen molar-refractivity contribution in [2.45, 2.75) is 12.5 Å². The van der Waals surface area contributed by atoms with E-state index in [-0.39, 0.29) is 30.7 Å². The van der Waals surface area contributed by atoms with Crippen LogP contribution in [0, 0.1) is 0 Å². The van der Waals surface area contributed by atoms with Gasteiger partial charge in [0.2, 0.25) is 5.91 Å². The second kappa shape index (κ2) is 7.61. The van der Waals surface area contributed by atoms with Crippen molar-refractivity contribution in [2.24, 2.45) is 5.73 Å². The van der Waals surface area contributed by atoms with Crippen LogP contribution in [0.5, 0.6) is 0 Å². The molecule has 5 nitrogen and oxygen atoms in total. The molecule has 1 heterocycles. The minimum Gasteiger partial charge on any atom is -0.358 e. The zero-order valence-corrected chi connectivity index (χ0v) is 9.32. The summed E-state index contributed by atoms with van der Waals surface area (Å²) in [5.41, 5.74) is 6.43. The van der Waals surface area contributed by atoms with Gasteiger partial charge in [0.25, 0.3) is 0 Å². The Kier molecular flexibility index (Phi) is 8.52. The minimum absolute atomic E-state index is 0. The molecule has 1 atom stereocenters. The summed E-state index contributed by atoms with van der Waals surface area (Å²) < 4.78 is 0. The summed E-state index contributed by atoms with van der Waals surface area (Å²) in [6.45, 7) is 0. The number of nitrogens with one attached hydrogen (secondary N) is 2. The molecule has 4 N–H and O–H groups in total. The van der Waals surface area contributed by atoms with Gasteiger partial charge in [-0.05, 0) is 0 Å². The van der Waals surface area contributed by atoms with E-state index in [1.165, 1.54) is 0 Å². The van der Waals surface area contributed by atoms with Gasteiger partial charge in [-0.2, -0.15) is 0 Å². The lowest BCUT2D eigenvalue weighted by molar-refractivity contribution is -0.121. The standard InChI is InChI=1S/C7H12N4O.2ClH/c1-9-7(12)6(8)2-5-3-10-4-11-5;;/h3-4,6H,2,8H2,1H3,(H,9,12)(H,10,11);2*1H/t6-;;/m0../s1. The molecule has 0 unspecified atom stereocenters. The Hall–Kier alpha value is -0.780. The molecule has 82 valence electrons. The van der Waals surface area contributed by atoms with Crippen molar-refractivity contribution in [3.05, 3.63) is 18.2 Å². The molecule has 0 aromatic carbocycles. The largest absolute Gasteiger partial charge is 0.358 e. The van der Waals surface area contributed by atoms with Gasteiger partial charge in [-0.15, -0.1) is 24.8 Å². The van der Waals surface area contributed by atoms with E-state index in [2.05, 4.69) is 15.3 Å². The van der Waals surface area contributed by atoms with Crippen molar-refractivity contribution in [2.75, 3.05) is 7.05 Å². The van der Waals surface area contributed by atoms with Crippen LogP contribution < -0.4 is 11.1 Å². The molecule has 0 fully saturated rings. The number of H-pyrrole nitrogens is 1. The second-order valence-corrected chi connectivity index (χ2v) is 2.50. The third-order valence-corrected chi connectivity index (χ3v) is 1.58. The van der Waals surface area contributed by atoms with Crippen molar-refractivity contribution in [1.29, 1.82) is 0 Å². The number of likely N-dealkylation sites (N-methyl/N-ethyl adjacent to an activating group) is 1. The molecule has 0 saturated heterocycles. The van der Waals surface area contributed by atoms with Gasteiger partial charge in [-0.1, -0.05) is 0 Å². The first-order valence-electron chi connectivity index (χ1n) is 3.68. The molecule has 0 bridgehead atoms. The fraction of sp³-hybridized carbons (Fsp3) is 0.429. The third-order valence-electron chi connectivity index (χ3n) is 1.58. The van der Waals surface area contributed by atoms with E-state index in [1.54, 1.807) is 19.6 Å². The number of rotatable bonds is 3. The maximum atomic E-state index is 11.0. The Balaban J connectivity index is 0. The number of carbonyl (C=O) groups is 1. The molecule has 0 radical (unpaired) electrons. The average Bonchev–Trinajstić information content (AvgIpc) is 2.55. The van der Waals surface area contributed by atoms with E-state index in [0.717, 1.165) is 5.69 Å². The van der Waals surface area contributed by atoms with E-state index in [1.807, 2.05) is 0 Å². The summed E-state index contributed by atoms with van der Waals surface area (Å²) >= 11 is 0. The molecule has 0 aliphatic carbocycles. The van der Waals surface area contributed by atoms with Crippen molar-refractivity contribution in [3.63, 3.8) is 0 Å². The monoisotopic (exact) mass is 240 g/mol. The highest BCUT2D eigenvalue weighted by atomic mass is 35.5. The van der Waals surface area contributed by atoms with Crippen molar-refractivity contribution in [1.82, 2.24) is 15.3 Å². The number of hydrogen-bond donors (Lipinski definition) is 3. The number of aromatic amines is 1. The molecule has 1 aromatic rings. The lowest BCUT2D eigenvalue weighted by Gasteiger charge is -2.07. The van der Waals surface area contributed by atoms with Gasteiger partial charge in [0.15, 0.2) is 0 Å². The predicted molar refractivity (Wildman–Crippen MR) is 58.8 cm³/mol. The van der Waals surface area contributed by atoms with Crippen molar-refractivity contribution >= 4 is 30.7 Å². The van der Waals surface area contributed by atoms with Gasteiger partial charge in [0.05, 0.1) is 12.4 Å². The quantitative estimate of drug-likeness (QED) is 0.689. The zero-order valence-electron chi connectivity index (χ0n) is 7.69. The van der Waals surface area contributed by atoms with Crippen LogP contribution in [0.15, 0.2) is 12.5 Å². The highest BCUT2D eigenvalue weighted by molar-refractivity contribution is 5.85. The highest BCUT2D eigenvalue weighted by Gasteiger charge is 2.12. The maximum Gasteiger partial charge on any atom is 0.237 e. The summed E-state index contributed by atoms with van der Waals surface area (Å²) in [5, 5.41) is 2.48. The van der Waals surface area contributed by atoms with Crippen LogP contribution >= 0.6 is 24.8 Å². The lowest BCUT2D eigenvalue weighted by Crippen LogP contribution is -2.40. The molecule has 0 aliphatic heterocycles. The molecule has 1 amide bonds. The number of aromatic nitrogens is 2. The van der Waals surface area contributed by atoms with Crippen LogP contribution in [0.25, 0.3) is 0 Å². The smallest absolute Gasteiger partial charge is 0.237 e. The number of carbonyl (C=O) groups excluding carboxylic acids is 1. The first-order valence-corrected chi connectivity index (χ1v) is 3.68. The Bertz CT molecular complexity index is 252. The Morgan fingerprint density at radius 2 is 2.36 bits per heavy atom. The van der Waals surface area contributed by atoms with E-state index >= 15 is 0 Å². The van der Waals surface area contributed by atoms with Gasteiger partial charge in [0, 0.05) is 25.4 Å². The van der Waals surface area contributed by atoms with Crippen LogP contribution in [-0.4, -0.2) is 29.0 Å². The molecular formula is C7H14Cl2N4O. The molecule has 7 heteroatoms. The van der Waals surface area contributed by atoms with E-state index < -0.39 is 6.04 Å². The fourth-order valence-corrected chi connectivity index (χ4v) is 0.911. The summed E-state index contributed by atoms with van der Waals surface area (Å²) in [4.78, 5) is 17.7. The molecule has 0 saturated carbocycles. The fourth-order valence-electron chi connectivity index (χ4n) is 0.911. The van der Waals surface area contributed by atoms with Gasteiger partial charge >= 0.3 is 0 Å². The number of nitrogens with zero attached hydrogens (tertiary/aromatic N) is 1. The molecular weight excluding hydrogens is 227 g/mol. The number of nitrogens with two attached hydrogens (primary N) is 1. The summed E-state index contributed by atoms with van der Waals surface area (Å²) in [7, 11) is 1.56. The van der Waals surface area contributed by atoms with Gasteiger partial charge in [0.1, 0.15) is 0 Å². The Morgan fingerprint density at radius 3 is 2.79 bits per heavy atom. The zero-order chi connectivity index (χ0) is 8.97. The van der Waals surface area contributed by atoms with Crippen LogP contribution in [0.4, 0.5) is 0 Å². The van der Waals surface area contributed by atoms with Crippen molar-refractivity contribution < 1.29 is 4.79 Å². The molecule has 1 aromatic heterocycles. The summed E-state index contributed by atoms with van der Waals surface area (Å²) in [5.74, 6) is -0.162. The van der Waals surface area contributed by atoms with Gasteiger partial charge in [-0.25, -0.2) is 4.98 Å². The Labute approximate surface area is 94.7 Å². The average molecular weight is 241 g/mol. The predicted octanol–water partition coefficient (Wildman–Crippen LogP) is -0.131. The molecule has 14 heavy (non-hydrogen) atoms. The van der Waals surface area contributed by atoms with Gasteiger partial charge in [-0.3, -0.25) is 4.79 Å². The first-order chi connectivity index (χ1) is 5.74. The normalized spacial score (nSPS) is 10.7. The van der Waals surface area contributed by atoms with Crippen LogP contribution in [0.1, 0.15) is 5.69 Å². The van der Waals surface area contributed by atoms with Crippen LogP contribution in [-0.2, 0) is 11.2 Å². The SMILES string of the molecule is CNC(=O)[C@@H](N)Cc1cnc[nH]1.Cl.Cl. The number of hydrogen-bond acceptors (Lipinski definition) is 3. The van der Waals surface area contributed by atoms with Crippen molar-refractivity contribution in [3.8, 4) is 0 Å². The first kappa shape index (κ1) is 15.7. The lowest BCUT2D eigenvalue weighted by atomic mass is 10.2. The number of imidazole rings is 1. The number of amides is 1. The molecule has 1 rings (SSSR count). The maximum absolute atomic E-state index is 11.0. The number of halogens is 2. The Morgan fingerprint density at radius 1 is 1.71 bits per heavy atom. The van der Waals surface area contributed by atoms with Crippen LogP contribution in [0.3, 0.4) is 0 Å². The van der Waals surface area contributed by atoms with E-state index in [9.17, 15) is 4.79 Å².